The van der Waals surface area contributed by atoms with Crippen molar-refractivity contribution in [2.24, 2.45) is 0 Å². The lowest BCUT2D eigenvalue weighted by atomic mass is 10.2. The zero-order valence-corrected chi connectivity index (χ0v) is 13.4. The fourth-order valence-electron chi connectivity index (χ4n) is 1.37. The molecule has 0 aliphatic carbocycles. The summed E-state index contributed by atoms with van der Waals surface area (Å²) < 4.78 is 0. The van der Waals surface area contributed by atoms with Crippen LogP contribution >= 0.6 is 12.6 Å². The minimum absolute atomic E-state index is 0.123. The molecule has 0 radical (unpaired) electrons. The number of nitrogens with one attached hydrogen (secondary N) is 1. The van der Waals surface area contributed by atoms with Crippen LogP contribution in [0.2, 0.25) is 0 Å². The second-order valence-corrected chi connectivity index (χ2v) is 3.89. The minimum atomic E-state index is -0.123. The van der Waals surface area contributed by atoms with E-state index in [0.29, 0.717) is 5.56 Å². The van der Waals surface area contributed by atoms with Crippen molar-refractivity contribution in [1.29, 1.82) is 0 Å². The highest BCUT2D eigenvalue weighted by atomic mass is 32.1. The number of rotatable bonds is 2. The van der Waals surface area contributed by atoms with Crippen LogP contribution in [-0.4, -0.2) is 5.91 Å². The third-order valence-corrected chi connectivity index (χ3v) is 2.42. The highest BCUT2D eigenvalue weighted by Crippen LogP contribution is 2.12. The molecule has 0 bridgehead atoms. The lowest BCUT2D eigenvalue weighted by Gasteiger charge is -2.05. The van der Waals surface area contributed by atoms with Crippen LogP contribution in [0.5, 0.6) is 0 Å². The van der Waals surface area contributed by atoms with Crippen molar-refractivity contribution in [2.45, 2.75) is 32.6 Å². The Morgan fingerprint density at radius 1 is 0.900 bits per heavy atom. The Morgan fingerprint density at radius 3 is 2.05 bits per heavy atom. The first kappa shape index (κ1) is 18.3. The average Bonchev–Trinajstić information content (AvgIpc) is 2.52. The Hall–Kier alpha value is -1.74. The molecule has 20 heavy (non-hydrogen) atoms. The summed E-state index contributed by atoms with van der Waals surface area (Å²) in [5.41, 5.74) is 1.40. The lowest BCUT2D eigenvalue weighted by molar-refractivity contribution is 0.102. The molecule has 108 valence electrons. The monoisotopic (exact) mass is 289 g/mol. The predicted molar refractivity (Wildman–Crippen MR) is 90.8 cm³/mol. The van der Waals surface area contributed by atoms with E-state index in [1.807, 2.05) is 70.2 Å². The molecule has 2 rings (SSSR count). The zero-order valence-electron chi connectivity index (χ0n) is 12.6. The number of amides is 1. The molecule has 0 atom stereocenters. The van der Waals surface area contributed by atoms with Crippen LogP contribution in [-0.2, 0) is 0 Å². The van der Waals surface area contributed by atoms with E-state index in [9.17, 15) is 4.79 Å². The van der Waals surface area contributed by atoms with Crippen molar-refractivity contribution in [2.75, 3.05) is 5.32 Å². The van der Waals surface area contributed by atoms with E-state index in [1.54, 1.807) is 12.1 Å². The Labute approximate surface area is 127 Å². The molecular weight excluding hydrogens is 266 g/mol. The Morgan fingerprint density at radius 2 is 1.50 bits per heavy atom. The van der Waals surface area contributed by atoms with Gasteiger partial charge in [-0.2, -0.15) is 0 Å². The first-order valence-electron chi connectivity index (χ1n) is 6.91. The van der Waals surface area contributed by atoms with Gasteiger partial charge in [0.1, 0.15) is 0 Å². The number of carbonyl (C=O) groups excluding carboxylic acids is 1. The van der Waals surface area contributed by atoms with E-state index < -0.39 is 0 Å². The van der Waals surface area contributed by atoms with E-state index in [-0.39, 0.29) is 5.91 Å². The van der Waals surface area contributed by atoms with Crippen LogP contribution in [0.1, 0.15) is 38.1 Å². The van der Waals surface area contributed by atoms with Crippen LogP contribution in [0.3, 0.4) is 0 Å². The van der Waals surface area contributed by atoms with E-state index in [1.165, 1.54) is 0 Å². The molecule has 2 aromatic carbocycles. The zero-order chi connectivity index (χ0) is 15.4. The van der Waals surface area contributed by atoms with E-state index in [2.05, 4.69) is 17.9 Å². The molecule has 0 spiro atoms. The van der Waals surface area contributed by atoms with Gasteiger partial charge >= 0.3 is 0 Å². The number of benzene rings is 2. The number of thiol groups is 1. The molecule has 0 aromatic heterocycles. The third kappa shape index (κ3) is 6.43. The van der Waals surface area contributed by atoms with Gasteiger partial charge < -0.3 is 5.32 Å². The molecule has 0 saturated carbocycles. The molecule has 3 heteroatoms. The summed E-state index contributed by atoms with van der Waals surface area (Å²) in [7, 11) is 0. The van der Waals surface area contributed by atoms with Crippen molar-refractivity contribution in [3.8, 4) is 0 Å². The smallest absolute Gasteiger partial charge is 0.255 e. The van der Waals surface area contributed by atoms with Gasteiger partial charge in [0.05, 0.1) is 0 Å². The molecule has 0 heterocycles. The topological polar surface area (TPSA) is 29.1 Å². The third-order valence-electron chi connectivity index (χ3n) is 2.14. The number of anilines is 1. The van der Waals surface area contributed by atoms with Crippen molar-refractivity contribution in [3.05, 3.63) is 60.2 Å². The SMILES string of the molecule is CC.CC.O=C(Nc1ccccc1)c1cccc(S)c1. The van der Waals surface area contributed by atoms with Crippen molar-refractivity contribution < 1.29 is 4.79 Å². The number of para-hydroxylation sites is 1. The van der Waals surface area contributed by atoms with Crippen molar-refractivity contribution in [3.63, 3.8) is 0 Å². The summed E-state index contributed by atoms with van der Waals surface area (Å²) in [5.74, 6) is -0.123. The van der Waals surface area contributed by atoms with Gasteiger partial charge in [-0.15, -0.1) is 12.6 Å². The highest BCUT2D eigenvalue weighted by molar-refractivity contribution is 7.80. The standard InChI is InChI=1S/C13H11NOS.2C2H6/c15-13(10-5-4-8-12(16)9-10)14-11-6-2-1-3-7-11;2*1-2/h1-9,16H,(H,14,15);2*1-2H3. The first-order valence-corrected chi connectivity index (χ1v) is 7.36. The maximum atomic E-state index is 11.8. The Balaban J connectivity index is 0.000000829. The summed E-state index contributed by atoms with van der Waals surface area (Å²) in [4.78, 5) is 12.6. The largest absolute Gasteiger partial charge is 0.322 e. The van der Waals surface area contributed by atoms with Crippen LogP contribution < -0.4 is 5.32 Å². The second kappa shape index (κ2) is 11.1. The quantitative estimate of drug-likeness (QED) is 0.724. The van der Waals surface area contributed by atoms with Gasteiger partial charge in [0, 0.05) is 16.1 Å². The van der Waals surface area contributed by atoms with Crippen molar-refractivity contribution in [1.82, 2.24) is 0 Å². The number of carbonyl (C=O) groups is 1. The normalized spacial score (nSPS) is 8.45. The molecular formula is C17H23NOS. The molecule has 2 nitrogen and oxygen atoms in total. The molecule has 1 N–H and O–H groups in total. The van der Waals surface area contributed by atoms with Crippen LogP contribution in [0.15, 0.2) is 59.5 Å². The minimum Gasteiger partial charge on any atom is -0.322 e. The fourth-order valence-corrected chi connectivity index (χ4v) is 1.60. The molecule has 0 saturated heterocycles. The predicted octanol–water partition coefficient (Wildman–Crippen LogP) is 5.28. The molecule has 0 aliphatic rings. The summed E-state index contributed by atoms with van der Waals surface area (Å²) in [6.07, 6.45) is 0. The molecule has 0 unspecified atom stereocenters. The van der Waals surface area contributed by atoms with Gasteiger partial charge in [0.25, 0.3) is 5.91 Å². The second-order valence-electron chi connectivity index (χ2n) is 3.37. The molecule has 1 amide bonds. The van der Waals surface area contributed by atoms with E-state index >= 15 is 0 Å². The summed E-state index contributed by atoms with van der Waals surface area (Å²) in [5, 5.41) is 2.81. The average molecular weight is 289 g/mol. The van der Waals surface area contributed by atoms with Gasteiger partial charge in [-0.3, -0.25) is 4.79 Å². The van der Waals surface area contributed by atoms with Gasteiger partial charge in [0.15, 0.2) is 0 Å². The number of hydrogen-bond acceptors (Lipinski definition) is 2. The summed E-state index contributed by atoms with van der Waals surface area (Å²) in [6.45, 7) is 8.00. The number of hydrogen-bond donors (Lipinski definition) is 2. The fraction of sp³-hybridized carbons (Fsp3) is 0.235. The van der Waals surface area contributed by atoms with Crippen molar-refractivity contribution >= 4 is 24.2 Å². The molecule has 0 aliphatic heterocycles. The maximum absolute atomic E-state index is 11.8. The lowest BCUT2D eigenvalue weighted by Crippen LogP contribution is -2.11. The highest BCUT2D eigenvalue weighted by Gasteiger charge is 2.05. The maximum Gasteiger partial charge on any atom is 0.255 e. The van der Waals surface area contributed by atoms with Gasteiger partial charge in [0.2, 0.25) is 0 Å². The Bertz CT molecular complexity index is 497. The van der Waals surface area contributed by atoms with Gasteiger partial charge in [-0.25, -0.2) is 0 Å². The summed E-state index contributed by atoms with van der Waals surface area (Å²) >= 11 is 4.19. The summed E-state index contributed by atoms with van der Waals surface area (Å²) in [6, 6.07) is 16.5. The van der Waals surface area contributed by atoms with Crippen LogP contribution in [0.4, 0.5) is 5.69 Å². The van der Waals surface area contributed by atoms with Gasteiger partial charge in [-0.05, 0) is 30.3 Å². The first-order chi connectivity index (χ1) is 9.75. The Kier molecular flexibility index (Phi) is 10.2. The van der Waals surface area contributed by atoms with E-state index in [4.69, 9.17) is 0 Å². The van der Waals surface area contributed by atoms with Gasteiger partial charge in [-0.1, -0.05) is 52.0 Å². The van der Waals surface area contributed by atoms with Crippen LogP contribution in [0, 0.1) is 0 Å². The molecule has 2 aromatic rings. The molecule has 0 fully saturated rings. The van der Waals surface area contributed by atoms with E-state index in [0.717, 1.165) is 10.6 Å². The van der Waals surface area contributed by atoms with Crippen LogP contribution in [0.25, 0.3) is 0 Å².